The van der Waals surface area contributed by atoms with Crippen molar-refractivity contribution in [1.29, 1.82) is 0 Å². The number of hydrogen-bond acceptors (Lipinski definition) is 3. The molecule has 3 rings (SSSR count). The molecule has 1 aromatic heterocycles. The Hall–Kier alpha value is -2.30. The number of aryl methyl sites for hydroxylation is 1. The summed E-state index contributed by atoms with van der Waals surface area (Å²) in [4.78, 5) is 13.7. The first-order chi connectivity index (χ1) is 8.59. The number of nitrogens with zero attached hydrogens (tertiary/aromatic N) is 2. The molecule has 92 valence electrons. The highest BCUT2D eigenvalue weighted by molar-refractivity contribution is 5.98. The number of hydrogen-bond donors (Lipinski definition) is 2. The SMILES string of the molecule is Cc1[nH]nc2c1C(c1cccc(O)c1)N(C)C2=O. The zero-order chi connectivity index (χ0) is 12.9. The van der Waals surface area contributed by atoms with Crippen LogP contribution in [-0.2, 0) is 0 Å². The van der Waals surface area contributed by atoms with Crippen molar-refractivity contribution in [3.63, 3.8) is 0 Å². The van der Waals surface area contributed by atoms with Crippen LogP contribution in [0.4, 0.5) is 0 Å². The summed E-state index contributed by atoms with van der Waals surface area (Å²) < 4.78 is 0. The van der Waals surface area contributed by atoms with Crippen molar-refractivity contribution in [2.75, 3.05) is 7.05 Å². The van der Waals surface area contributed by atoms with Crippen LogP contribution in [0, 0.1) is 6.92 Å². The molecule has 1 unspecified atom stereocenters. The number of aromatic nitrogens is 2. The maximum atomic E-state index is 12.1. The molecule has 0 radical (unpaired) electrons. The zero-order valence-electron chi connectivity index (χ0n) is 10.1. The Bertz CT molecular complexity index is 633. The highest BCUT2D eigenvalue weighted by atomic mass is 16.3. The van der Waals surface area contributed by atoms with Gasteiger partial charge in [-0.05, 0) is 24.6 Å². The molecule has 5 nitrogen and oxygen atoms in total. The third-order valence-corrected chi connectivity index (χ3v) is 3.36. The Kier molecular flexibility index (Phi) is 2.16. The lowest BCUT2D eigenvalue weighted by Crippen LogP contribution is -2.24. The van der Waals surface area contributed by atoms with Crippen LogP contribution >= 0.6 is 0 Å². The van der Waals surface area contributed by atoms with Crippen molar-refractivity contribution in [3.8, 4) is 5.75 Å². The van der Waals surface area contributed by atoms with E-state index in [0.29, 0.717) is 5.69 Å². The smallest absolute Gasteiger partial charge is 0.275 e. The summed E-state index contributed by atoms with van der Waals surface area (Å²) in [6.45, 7) is 1.90. The lowest BCUT2D eigenvalue weighted by molar-refractivity contribution is 0.0787. The van der Waals surface area contributed by atoms with E-state index in [1.807, 2.05) is 13.0 Å². The molecule has 2 N–H and O–H groups in total. The lowest BCUT2D eigenvalue weighted by Gasteiger charge is -2.21. The standard InChI is InChI=1S/C13H13N3O2/c1-7-10-11(15-14-7)13(18)16(2)12(10)8-4-3-5-9(17)6-8/h3-6,12,17H,1-2H3,(H,14,15). The van der Waals surface area contributed by atoms with E-state index >= 15 is 0 Å². The Labute approximate surface area is 104 Å². The number of aromatic hydroxyl groups is 1. The number of aromatic amines is 1. The molecule has 0 aliphatic carbocycles. The van der Waals surface area contributed by atoms with Crippen molar-refractivity contribution in [2.45, 2.75) is 13.0 Å². The fourth-order valence-electron chi connectivity index (χ4n) is 2.50. The normalized spacial score (nSPS) is 18.2. The van der Waals surface area contributed by atoms with Gasteiger partial charge in [-0.2, -0.15) is 5.10 Å². The molecule has 0 saturated heterocycles. The first kappa shape index (κ1) is 10.8. The summed E-state index contributed by atoms with van der Waals surface area (Å²) in [5, 5.41) is 16.5. The number of phenols is 1. The molecule has 1 aliphatic heterocycles. The van der Waals surface area contributed by atoms with Gasteiger partial charge < -0.3 is 10.0 Å². The number of fused-ring (bicyclic) bond motifs is 1. The summed E-state index contributed by atoms with van der Waals surface area (Å²) in [7, 11) is 1.75. The molecule has 1 aliphatic rings. The quantitative estimate of drug-likeness (QED) is 0.799. The molecule has 1 amide bonds. The first-order valence-electron chi connectivity index (χ1n) is 5.70. The molecule has 1 aromatic carbocycles. The van der Waals surface area contributed by atoms with E-state index in [1.54, 1.807) is 30.1 Å². The van der Waals surface area contributed by atoms with Gasteiger partial charge in [0.05, 0.1) is 6.04 Å². The summed E-state index contributed by atoms with van der Waals surface area (Å²) in [6.07, 6.45) is 0. The minimum absolute atomic E-state index is 0.0947. The molecule has 0 spiro atoms. The number of benzene rings is 1. The van der Waals surface area contributed by atoms with Gasteiger partial charge in [-0.1, -0.05) is 12.1 Å². The number of carbonyl (C=O) groups excluding carboxylic acids is 1. The van der Waals surface area contributed by atoms with Crippen LogP contribution in [0.2, 0.25) is 0 Å². The minimum atomic E-state index is -0.182. The summed E-state index contributed by atoms with van der Waals surface area (Å²) in [6, 6.07) is 6.78. The van der Waals surface area contributed by atoms with Gasteiger partial charge in [-0.25, -0.2) is 0 Å². The highest BCUT2D eigenvalue weighted by Crippen LogP contribution is 2.38. The maximum absolute atomic E-state index is 12.1. The molecular formula is C13H13N3O2. The van der Waals surface area contributed by atoms with Gasteiger partial charge in [0.1, 0.15) is 5.75 Å². The van der Waals surface area contributed by atoms with E-state index in [9.17, 15) is 9.90 Å². The van der Waals surface area contributed by atoms with Crippen LogP contribution in [0.25, 0.3) is 0 Å². The van der Waals surface area contributed by atoms with Gasteiger partial charge >= 0.3 is 0 Å². The predicted octanol–water partition coefficient (Wildman–Crippen LogP) is 1.60. The number of phenolic OH excluding ortho intramolecular Hbond substituents is 1. The van der Waals surface area contributed by atoms with E-state index in [2.05, 4.69) is 10.2 Å². The van der Waals surface area contributed by atoms with E-state index < -0.39 is 0 Å². The second-order valence-corrected chi connectivity index (χ2v) is 4.52. The van der Waals surface area contributed by atoms with E-state index in [0.717, 1.165) is 16.8 Å². The third-order valence-electron chi connectivity index (χ3n) is 3.36. The third kappa shape index (κ3) is 1.33. The van der Waals surface area contributed by atoms with Crippen LogP contribution in [0.15, 0.2) is 24.3 Å². The fraction of sp³-hybridized carbons (Fsp3) is 0.231. The molecule has 18 heavy (non-hydrogen) atoms. The van der Waals surface area contributed by atoms with Gasteiger partial charge in [0.2, 0.25) is 0 Å². The second-order valence-electron chi connectivity index (χ2n) is 4.52. The highest BCUT2D eigenvalue weighted by Gasteiger charge is 2.39. The van der Waals surface area contributed by atoms with Crippen LogP contribution < -0.4 is 0 Å². The Morgan fingerprint density at radius 1 is 1.44 bits per heavy atom. The van der Waals surface area contributed by atoms with Crippen molar-refractivity contribution >= 4 is 5.91 Å². The van der Waals surface area contributed by atoms with Gasteiger partial charge in [0.25, 0.3) is 5.91 Å². The summed E-state index contributed by atoms with van der Waals surface area (Å²) in [5.74, 6) is 0.102. The van der Waals surface area contributed by atoms with Crippen molar-refractivity contribution in [3.05, 3.63) is 46.8 Å². The van der Waals surface area contributed by atoms with E-state index in [1.165, 1.54) is 0 Å². The van der Waals surface area contributed by atoms with E-state index in [-0.39, 0.29) is 17.7 Å². The van der Waals surface area contributed by atoms with Crippen LogP contribution in [0.3, 0.4) is 0 Å². The first-order valence-corrected chi connectivity index (χ1v) is 5.70. The summed E-state index contributed by atoms with van der Waals surface area (Å²) >= 11 is 0. The number of amides is 1. The molecular weight excluding hydrogens is 230 g/mol. The average molecular weight is 243 g/mol. The molecule has 2 aromatic rings. The zero-order valence-corrected chi connectivity index (χ0v) is 10.1. The molecule has 0 bridgehead atoms. The Balaban J connectivity index is 2.18. The van der Waals surface area contributed by atoms with Gasteiger partial charge in [-0.15, -0.1) is 0 Å². The molecule has 0 saturated carbocycles. The number of rotatable bonds is 1. The van der Waals surface area contributed by atoms with Crippen LogP contribution in [0.5, 0.6) is 5.75 Å². The van der Waals surface area contributed by atoms with Crippen molar-refractivity contribution in [2.24, 2.45) is 0 Å². The topological polar surface area (TPSA) is 69.2 Å². The molecule has 5 heteroatoms. The largest absolute Gasteiger partial charge is 0.508 e. The number of H-pyrrole nitrogens is 1. The number of nitrogens with one attached hydrogen (secondary N) is 1. The molecule has 1 atom stereocenters. The van der Waals surface area contributed by atoms with Gasteiger partial charge in [0.15, 0.2) is 5.69 Å². The van der Waals surface area contributed by atoms with Gasteiger partial charge in [-0.3, -0.25) is 9.89 Å². The molecule has 0 fully saturated rings. The number of carbonyl (C=O) groups is 1. The predicted molar refractivity (Wildman–Crippen MR) is 65.4 cm³/mol. The second kappa shape index (κ2) is 3.60. The summed E-state index contributed by atoms with van der Waals surface area (Å²) in [5.41, 5.74) is 3.14. The average Bonchev–Trinajstić information content (AvgIpc) is 2.82. The van der Waals surface area contributed by atoms with Crippen LogP contribution in [0.1, 0.15) is 33.4 Å². The Morgan fingerprint density at radius 3 is 2.94 bits per heavy atom. The minimum Gasteiger partial charge on any atom is -0.508 e. The van der Waals surface area contributed by atoms with Crippen molar-refractivity contribution in [1.82, 2.24) is 15.1 Å². The maximum Gasteiger partial charge on any atom is 0.275 e. The monoisotopic (exact) mass is 243 g/mol. The lowest BCUT2D eigenvalue weighted by atomic mass is 9.99. The molecule has 2 heterocycles. The van der Waals surface area contributed by atoms with Crippen LogP contribution in [-0.4, -0.2) is 33.2 Å². The van der Waals surface area contributed by atoms with E-state index in [4.69, 9.17) is 0 Å². The van der Waals surface area contributed by atoms with Gasteiger partial charge in [0, 0.05) is 18.3 Å². The van der Waals surface area contributed by atoms with Crippen molar-refractivity contribution < 1.29 is 9.90 Å². The Morgan fingerprint density at radius 2 is 2.22 bits per heavy atom. The fourth-order valence-corrected chi connectivity index (χ4v) is 2.50.